The van der Waals surface area contributed by atoms with Crippen LogP contribution in [0.4, 0.5) is 0 Å². The molecule has 0 radical (unpaired) electrons. The standard InChI is InChI=1S/C35H41N5O6/c1-21(2)16-31(35(45)46)40-34(44)30(17-22-8-4-3-5-9-22)39-33(43)29(18-23-12-14-25(41)15-13-23)38-32(42)27(36)19-24-20-37-28-11-7-6-10-26(24)28/h3-15,20-21,27,29-31,37,41H,16-19,36H2,1-2H3,(H,38,42)(H,39,43)(H,40,44)(H,45,46). The summed E-state index contributed by atoms with van der Waals surface area (Å²) in [5, 5.41) is 28.5. The molecule has 0 bridgehead atoms. The Morgan fingerprint density at radius 3 is 1.87 bits per heavy atom. The van der Waals surface area contributed by atoms with Gasteiger partial charge in [-0.05, 0) is 53.6 Å². The number of hydrogen-bond donors (Lipinski definition) is 7. The number of para-hydroxylation sites is 1. The molecule has 8 N–H and O–H groups in total. The first-order chi connectivity index (χ1) is 22.0. The summed E-state index contributed by atoms with van der Waals surface area (Å²) < 4.78 is 0. The molecule has 0 spiro atoms. The summed E-state index contributed by atoms with van der Waals surface area (Å²) in [7, 11) is 0. The Hall–Kier alpha value is -5.16. The molecule has 46 heavy (non-hydrogen) atoms. The SMILES string of the molecule is CC(C)CC(NC(=O)C(Cc1ccccc1)NC(=O)C(Cc1ccc(O)cc1)NC(=O)C(N)Cc1c[nH]c2ccccc12)C(=O)O. The zero-order valence-electron chi connectivity index (χ0n) is 25.9. The van der Waals surface area contributed by atoms with E-state index < -0.39 is 47.9 Å². The summed E-state index contributed by atoms with van der Waals surface area (Å²) in [5.41, 5.74) is 9.49. The Bertz CT molecular complexity index is 1640. The van der Waals surface area contributed by atoms with E-state index in [0.717, 1.165) is 22.0 Å². The third kappa shape index (κ3) is 9.42. The summed E-state index contributed by atoms with van der Waals surface area (Å²) in [6.45, 7) is 3.70. The highest BCUT2D eigenvalue weighted by Gasteiger charge is 2.31. The lowest BCUT2D eigenvalue weighted by atomic mass is 10.00. The van der Waals surface area contributed by atoms with Crippen molar-refractivity contribution in [1.82, 2.24) is 20.9 Å². The van der Waals surface area contributed by atoms with Crippen LogP contribution >= 0.6 is 0 Å². The van der Waals surface area contributed by atoms with Gasteiger partial charge < -0.3 is 36.9 Å². The smallest absolute Gasteiger partial charge is 0.326 e. The molecule has 11 heteroatoms. The van der Waals surface area contributed by atoms with Crippen molar-refractivity contribution < 1.29 is 29.4 Å². The number of carboxylic acids is 1. The van der Waals surface area contributed by atoms with Crippen molar-refractivity contribution in [3.05, 3.63) is 102 Å². The second-order valence-corrected chi connectivity index (χ2v) is 11.9. The number of H-pyrrole nitrogens is 1. The van der Waals surface area contributed by atoms with E-state index in [2.05, 4.69) is 20.9 Å². The van der Waals surface area contributed by atoms with Gasteiger partial charge in [-0.15, -0.1) is 0 Å². The average molecular weight is 628 g/mol. The minimum atomic E-state index is -1.17. The number of phenolic OH excluding ortho intramolecular Hbond substituents is 1. The quantitative estimate of drug-likeness (QED) is 0.106. The van der Waals surface area contributed by atoms with Gasteiger partial charge in [0.25, 0.3) is 0 Å². The van der Waals surface area contributed by atoms with Crippen molar-refractivity contribution in [1.29, 1.82) is 0 Å². The number of fused-ring (bicyclic) bond motifs is 1. The van der Waals surface area contributed by atoms with Crippen molar-refractivity contribution in [3.8, 4) is 5.75 Å². The second-order valence-electron chi connectivity index (χ2n) is 11.9. The molecular weight excluding hydrogens is 586 g/mol. The van der Waals surface area contributed by atoms with E-state index in [0.29, 0.717) is 5.56 Å². The van der Waals surface area contributed by atoms with E-state index in [1.54, 1.807) is 42.6 Å². The van der Waals surface area contributed by atoms with Crippen molar-refractivity contribution in [2.24, 2.45) is 11.7 Å². The monoisotopic (exact) mass is 627 g/mol. The highest BCUT2D eigenvalue weighted by atomic mass is 16.4. The number of nitrogens with two attached hydrogens (primary N) is 1. The maximum absolute atomic E-state index is 13.8. The van der Waals surface area contributed by atoms with Crippen LogP contribution < -0.4 is 21.7 Å². The third-order valence-electron chi connectivity index (χ3n) is 7.70. The first-order valence-electron chi connectivity index (χ1n) is 15.3. The van der Waals surface area contributed by atoms with Gasteiger partial charge in [-0.1, -0.05) is 74.5 Å². The Labute approximate surface area is 267 Å². The number of aromatic amines is 1. The lowest BCUT2D eigenvalue weighted by Crippen LogP contribution is -2.58. The minimum absolute atomic E-state index is 0.00179. The van der Waals surface area contributed by atoms with Crippen molar-refractivity contribution in [2.45, 2.75) is 63.7 Å². The largest absolute Gasteiger partial charge is 0.508 e. The number of nitrogens with one attached hydrogen (secondary N) is 4. The number of aromatic nitrogens is 1. The van der Waals surface area contributed by atoms with Gasteiger partial charge in [0.1, 0.15) is 23.9 Å². The third-order valence-corrected chi connectivity index (χ3v) is 7.70. The van der Waals surface area contributed by atoms with E-state index in [1.165, 1.54) is 12.1 Å². The number of carbonyl (C=O) groups excluding carboxylic acids is 3. The van der Waals surface area contributed by atoms with Crippen LogP contribution in [0.3, 0.4) is 0 Å². The number of carbonyl (C=O) groups is 4. The maximum atomic E-state index is 13.8. The molecule has 11 nitrogen and oxygen atoms in total. The lowest BCUT2D eigenvalue weighted by molar-refractivity contribution is -0.142. The normalized spacial score (nSPS) is 13.8. The number of carboxylic acid groups (broad SMARTS) is 1. The number of aliphatic carboxylic acids is 1. The van der Waals surface area contributed by atoms with Gasteiger partial charge in [-0.2, -0.15) is 0 Å². The van der Waals surface area contributed by atoms with Crippen LogP contribution in [0.5, 0.6) is 5.75 Å². The van der Waals surface area contributed by atoms with Crippen molar-refractivity contribution >= 4 is 34.6 Å². The van der Waals surface area contributed by atoms with Crippen LogP contribution in [-0.4, -0.2) is 63.1 Å². The topological polar surface area (TPSA) is 187 Å². The van der Waals surface area contributed by atoms with Gasteiger partial charge in [0.2, 0.25) is 17.7 Å². The molecule has 0 saturated heterocycles. The number of hydrogen-bond acceptors (Lipinski definition) is 6. The van der Waals surface area contributed by atoms with Gasteiger partial charge in [-0.25, -0.2) is 4.79 Å². The van der Waals surface area contributed by atoms with Crippen LogP contribution in [-0.2, 0) is 38.4 Å². The first kappa shape index (κ1) is 33.7. The number of phenols is 1. The molecule has 0 aliphatic heterocycles. The molecule has 0 fully saturated rings. The molecular formula is C35H41N5O6. The Morgan fingerprint density at radius 1 is 0.717 bits per heavy atom. The summed E-state index contributed by atoms with van der Waals surface area (Å²) in [4.78, 5) is 55.8. The van der Waals surface area contributed by atoms with Gasteiger partial charge in [0, 0.05) is 29.9 Å². The van der Waals surface area contributed by atoms with E-state index in [9.17, 15) is 29.4 Å². The molecule has 0 aliphatic rings. The molecule has 242 valence electrons. The minimum Gasteiger partial charge on any atom is -0.508 e. The molecule has 3 aromatic carbocycles. The summed E-state index contributed by atoms with van der Waals surface area (Å²) in [5.74, 6) is -2.99. The van der Waals surface area contributed by atoms with Gasteiger partial charge >= 0.3 is 5.97 Å². The Kier molecular flexibility index (Phi) is 11.5. The van der Waals surface area contributed by atoms with Crippen LogP contribution in [0.25, 0.3) is 10.9 Å². The molecule has 4 unspecified atom stereocenters. The predicted molar refractivity (Wildman–Crippen MR) is 175 cm³/mol. The van der Waals surface area contributed by atoms with Crippen molar-refractivity contribution in [3.63, 3.8) is 0 Å². The predicted octanol–water partition coefficient (Wildman–Crippen LogP) is 2.81. The van der Waals surface area contributed by atoms with Gasteiger partial charge in [-0.3, -0.25) is 14.4 Å². The van der Waals surface area contributed by atoms with Gasteiger partial charge in [0.05, 0.1) is 6.04 Å². The molecule has 1 heterocycles. The number of amides is 3. The Balaban J connectivity index is 1.55. The molecule has 4 atom stereocenters. The summed E-state index contributed by atoms with van der Waals surface area (Å²) in [6.07, 6.45) is 2.36. The fraction of sp³-hybridized carbons (Fsp3) is 0.314. The summed E-state index contributed by atoms with van der Waals surface area (Å²) in [6, 6.07) is 18.5. The number of benzene rings is 3. The van der Waals surface area contributed by atoms with E-state index in [4.69, 9.17) is 5.73 Å². The molecule has 4 aromatic rings. The van der Waals surface area contributed by atoms with Crippen molar-refractivity contribution in [2.75, 3.05) is 0 Å². The van der Waals surface area contributed by atoms with Gasteiger partial charge in [0.15, 0.2) is 0 Å². The highest BCUT2D eigenvalue weighted by molar-refractivity contribution is 5.94. The van der Waals surface area contributed by atoms with Crippen LogP contribution in [0.2, 0.25) is 0 Å². The highest BCUT2D eigenvalue weighted by Crippen LogP contribution is 2.19. The van der Waals surface area contributed by atoms with E-state index in [1.807, 2.05) is 44.2 Å². The van der Waals surface area contributed by atoms with Crippen LogP contribution in [0.15, 0.2) is 85.1 Å². The van der Waals surface area contributed by atoms with Crippen LogP contribution in [0.1, 0.15) is 37.0 Å². The molecule has 0 aliphatic carbocycles. The molecule has 0 saturated carbocycles. The molecule has 1 aromatic heterocycles. The van der Waals surface area contributed by atoms with Crippen LogP contribution in [0, 0.1) is 5.92 Å². The first-order valence-corrected chi connectivity index (χ1v) is 15.3. The second kappa shape index (κ2) is 15.7. The fourth-order valence-corrected chi connectivity index (χ4v) is 5.28. The lowest BCUT2D eigenvalue weighted by Gasteiger charge is -2.26. The zero-order valence-corrected chi connectivity index (χ0v) is 25.9. The summed E-state index contributed by atoms with van der Waals surface area (Å²) >= 11 is 0. The molecule has 3 amide bonds. The number of aromatic hydroxyl groups is 1. The van der Waals surface area contributed by atoms with E-state index >= 15 is 0 Å². The van der Waals surface area contributed by atoms with E-state index in [-0.39, 0.29) is 37.4 Å². The average Bonchev–Trinajstić information content (AvgIpc) is 3.43. The maximum Gasteiger partial charge on any atom is 0.326 e. The fourth-order valence-electron chi connectivity index (χ4n) is 5.28. The number of rotatable bonds is 15. The Morgan fingerprint density at radius 2 is 1.26 bits per heavy atom. The molecule has 4 rings (SSSR count). The zero-order chi connectivity index (χ0) is 33.2.